The van der Waals surface area contributed by atoms with E-state index in [0.29, 0.717) is 19.4 Å². The molecule has 0 aliphatic carbocycles. The third kappa shape index (κ3) is 9.85. The molecule has 0 unspecified atom stereocenters. The van der Waals surface area contributed by atoms with E-state index in [1.54, 1.807) is 0 Å². The topological polar surface area (TPSA) is 260 Å². The monoisotopic (exact) mass is 524 g/mol. The number of aliphatic imine (C=N–C) groups is 1. The zero-order chi connectivity index (χ0) is 27.4. The molecule has 0 bridgehead atoms. The molecule has 0 spiro atoms. The summed E-state index contributed by atoms with van der Waals surface area (Å²) in [5.74, 6) is -1.14. The van der Waals surface area contributed by atoms with Crippen molar-refractivity contribution in [1.82, 2.24) is 10.6 Å². The minimum absolute atomic E-state index is 0.0419. The van der Waals surface area contributed by atoms with E-state index < -0.39 is 54.5 Å². The van der Waals surface area contributed by atoms with Gasteiger partial charge in [-0.2, -0.15) is 0 Å². The molecule has 1 fully saturated rings. The molecule has 14 N–H and O–H groups in total. The number of nitrogens with zero attached hydrogens (tertiary/aromatic N) is 1. The fraction of sp³-hybridized carbons (Fsp3) is 0.609. The molecule has 2 rings (SSSR count). The number of hydrogen-bond acceptors (Lipinski definition) is 10. The van der Waals surface area contributed by atoms with Gasteiger partial charge >= 0.3 is 0 Å². The Labute approximate surface area is 215 Å². The van der Waals surface area contributed by atoms with E-state index >= 15 is 0 Å². The highest BCUT2D eigenvalue weighted by Crippen LogP contribution is 2.22. The Kier molecular flexibility index (Phi) is 12.7. The summed E-state index contributed by atoms with van der Waals surface area (Å²) in [6.07, 6.45) is -3.67. The summed E-state index contributed by atoms with van der Waals surface area (Å²) in [5.41, 5.74) is 28.6. The first-order valence-electron chi connectivity index (χ1n) is 12.1. The van der Waals surface area contributed by atoms with Gasteiger partial charge in [0.2, 0.25) is 11.8 Å². The number of primary amides is 1. The number of guanidine groups is 1. The zero-order valence-electron chi connectivity index (χ0n) is 20.7. The van der Waals surface area contributed by atoms with E-state index in [4.69, 9.17) is 38.1 Å². The first kappa shape index (κ1) is 30.4. The highest BCUT2D eigenvalue weighted by atomic mass is 16.7. The maximum Gasteiger partial charge on any atom is 0.237 e. The molecular formula is C23H40N8O6. The molecule has 208 valence electrons. The molecule has 37 heavy (non-hydrogen) atoms. The van der Waals surface area contributed by atoms with Gasteiger partial charge in [0.1, 0.15) is 24.4 Å². The van der Waals surface area contributed by atoms with Crippen LogP contribution in [0.15, 0.2) is 35.3 Å². The molecule has 14 heteroatoms. The predicted molar refractivity (Wildman–Crippen MR) is 137 cm³/mol. The van der Waals surface area contributed by atoms with E-state index in [0.717, 1.165) is 5.56 Å². The van der Waals surface area contributed by atoms with Gasteiger partial charge in [0.05, 0.1) is 18.7 Å². The lowest BCUT2D eigenvalue weighted by atomic mass is 9.96. The second-order valence-electron chi connectivity index (χ2n) is 8.82. The molecule has 0 aromatic heterocycles. The van der Waals surface area contributed by atoms with Crippen LogP contribution in [0.4, 0.5) is 0 Å². The van der Waals surface area contributed by atoms with Crippen molar-refractivity contribution in [2.24, 2.45) is 33.7 Å². The number of hydrogen-bond donors (Lipinski definition) is 9. The average molecular weight is 525 g/mol. The van der Waals surface area contributed by atoms with Crippen LogP contribution in [0.1, 0.15) is 18.4 Å². The van der Waals surface area contributed by atoms with Gasteiger partial charge in [-0.15, -0.1) is 0 Å². The van der Waals surface area contributed by atoms with Crippen LogP contribution in [0.5, 0.6) is 0 Å². The van der Waals surface area contributed by atoms with Gasteiger partial charge in [-0.25, -0.2) is 0 Å². The van der Waals surface area contributed by atoms with Crippen LogP contribution in [0.25, 0.3) is 0 Å². The normalized spacial score (nSPS) is 25.1. The first-order chi connectivity index (χ1) is 17.6. The van der Waals surface area contributed by atoms with Gasteiger partial charge in [0, 0.05) is 19.6 Å². The SMILES string of the molecule is NC[C@H]1O[C@H](OCCN[C@@H](Cc2ccccc2)C(N)=O)[C@H](NC(=O)[C@@H](N)CCCN=C(N)N)[C@@H](O)[C@@H]1O. The van der Waals surface area contributed by atoms with Crippen molar-refractivity contribution >= 4 is 17.8 Å². The number of nitrogens with two attached hydrogens (primary N) is 5. The second kappa shape index (κ2) is 15.4. The van der Waals surface area contributed by atoms with Gasteiger partial charge in [-0.05, 0) is 24.8 Å². The summed E-state index contributed by atoms with van der Waals surface area (Å²) in [4.78, 5) is 28.3. The highest BCUT2D eigenvalue weighted by Gasteiger charge is 2.45. The quantitative estimate of drug-likeness (QED) is 0.0605. The Morgan fingerprint density at radius 3 is 2.46 bits per heavy atom. The van der Waals surface area contributed by atoms with Gasteiger partial charge in [0.25, 0.3) is 0 Å². The number of benzene rings is 1. The summed E-state index contributed by atoms with van der Waals surface area (Å²) < 4.78 is 11.5. The number of aliphatic hydroxyl groups is 2. The van der Waals surface area contributed by atoms with Crippen molar-refractivity contribution in [3.05, 3.63) is 35.9 Å². The highest BCUT2D eigenvalue weighted by molar-refractivity contribution is 5.82. The number of nitrogens with one attached hydrogen (secondary N) is 2. The van der Waals surface area contributed by atoms with Crippen molar-refractivity contribution in [2.75, 3.05) is 26.2 Å². The lowest BCUT2D eigenvalue weighted by molar-refractivity contribution is -0.261. The molecule has 1 saturated heterocycles. The van der Waals surface area contributed by atoms with E-state index in [2.05, 4.69) is 15.6 Å². The molecule has 1 aliphatic rings. The third-order valence-electron chi connectivity index (χ3n) is 5.95. The number of amides is 2. The van der Waals surface area contributed by atoms with Crippen molar-refractivity contribution in [3.8, 4) is 0 Å². The van der Waals surface area contributed by atoms with Crippen molar-refractivity contribution in [3.63, 3.8) is 0 Å². The Balaban J connectivity index is 1.94. The van der Waals surface area contributed by atoms with Crippen LogP contribution >= 0.6 is 0 Å². The van der Waals surface area contributed by atoms with Crippen LogP contribution in [-0.2, 0) is 25.5 Å². The smallest absolute Gasteiger partial charge is 0.237 e. The largest absolute Gasteiger partial charge is 0.388 e. The Morgan fingerprint density at radius 1 is 1.14 bits per heavy atom. The summed E-state index contributed by atoms with van der Waals surface area (Å²) in [7, 11) is 0. The Hall–Kier alpha value is -2.85. The van der Waals surface area contributed by atoms with Crippen molar-refractivity contribution in [1.29, 1.82) is 0 Å². The molecule has 0 saturated carbocycles. The van der Waals surface area contributed by atoms with Crippen molar-refractivity contribution < 1.29 is 29.3 Å². The fourth-order valence-electron chi connectivity index (χ4n) is 3.88. The lowest BCUT2D eigenvalue weighted by Gasteiger charge is -2.42. The summed E-state index contributed by atoms with van der Waals surface area (Å²) in [5, 5.41) is 26.6. The van der Waals surface area contributed by atoms with E-state index in [1.165, 1.54) is 0 Å². The summed E-state index contributed by atoms with van der Waals surface area (Å²) >= 11 is 0. The average Bonchev–Trinajstić information content (AvgIpc) is 2.87. The van der Waals surface area contributed by atoms with Gasteiger partial charge in [-0.3, -0.25) is 14.6 Å². The number of rotatable bonds is 15. The van der Waals surface area contributed by atoms with Gasteiger partial charge < -0.3 is 59.0 Å². The standard InChI is InChI=1S/C23H40N8O6/c24-12-16-18(32)19(33)17(31-21(35)14(25)7-4-8-30-23(27)28)22(37-16)36-10-9-29-15(20(26)34)11-13-5-2-1-3-6-13/h1-3,5-6,14-19,22,29,32-33H,4,7-12,24-25H2,(H2,26,34)(H,31,35)(H4,27,28,30)/t14-,15-,16+,17+,18+,19+,22-/m0/s1. The summed E-state index contributed by atoms with van der Waals surface area (Å²) in [6, 6.07) is 6.74. The second-order valence-corrected chi connectivity index (χ2v) is 8.82. The molecule has 0 radical (unpaired) electrons. The number of carbonyl (C=O) groups is 2. The van der Waals surface area contributed by atoms with Crippen LogP contribution in [0.2, 0.25) is 0 Å². The zero-order valence-corrected chi connectivity index (χ0v) is 20.7. The number of carbonyl (C=O) groups excluding carboxylic acids is 2. The maximum atomic E-state index is 12.6. The Bertz CT molecular complexity index is 872. The number of aliphatic hydroxyl groups excluding tert-OH is 2. The molecule has 1 aromatic carbocycles. The molecule has 2 amide bonds. The summed E-state index contributed by atoms with van der Waals surface area (Å²) in [6.45, 7) is 0.490. The van der Waals surface area contributed by atoms with Gasteiger partial charge in [-0.1, -0.05) is 30.3 Å². The van der Waals surface area contributed by atoms with Crippen molar-refractivity contribution in [2.45, 2.75) is 62.0 Å². The van der Waals surface area contributed by atoms with Crippen LogP contribution in [0, 0.1) is 0 Å². The van der Waals surface area contributed by atoms with E-state index in [-0.39, 0.29) is 32.1 Å². The minimum Gasteiger partial charge on any atom is -0.388 e. The number of ether oxygens (including phenoxy) is 2. The predicted octanol–water partition coefficient (Wildman–Crippen LogP) is -4.04. The molecular weight excluding hydrogens is 484 g/mol. The minimum atomic E-state index is -1.42. The van der Waals surface area contributed by atoms with E-state index in [9.17, 15) is 19.8 Å². The van der Waals surface area contributed by atoms with Crippen LogP contribution in [0.3, 0.4) is 0 Å². The Morgan fingerprint density at radius 2 is 1.84 bits per heavy atom. The van der Waals surface area contributed by atoms with Gasteiger partial charge in [0.15, 0.2) is 12.2 Å². The van der Waals surface area contributed by atoms with Crippen LogP contribution < -0.4 is 39.3 Å². The maximum absolute atomic E-state index is 12.6. The molecule has 7 atom stereocenters. The van der Waals surface area contributed by atoms with E-state index in [1.807, 2.05) is 30.3 Å². The third-order valence-corrected chi connectivity index (χ3v) is 5.95. The molecule has 1 aromatic rings. The molecule has 1 aliphatic heterocycles. The molecule has 14 nitrogen and oxygen atoms in total. The fourth-order valence-corrected chi connectivity index (χ4v) is 3.88. The first-order valence-corrected chi connectivity index (χ1v) is 12.1. The van der Waals surface area contributed by atoms with Crippen LogP contribution in [-0.4, -0.2) is 97.0 Å². The molecule has 1 heterocycles. The lowest BCUT2D eigenvalue weighted by Crippen LogP contribution is -2.66.